The summed E-state index contributed by atoms with van der Waals surface area (Å²) in [5.74, 6) is 0.577. The molecule has 1 aliphatic heterocycles. The Morgan fingerprint density at radius 1 is 1.00 bits per heavy atom. The third-order valence-corrected chi connectivity index (χ3v) is 5.57. The number of hydrogen-bond acceptors (Lipinski definition) is 2. The number of carbonyl (C=O) groups excluding carboxylic acids is 2. The maximum Gasteiger partial charge on any atom is 0.254 e. The number of amides is 2. The minimum atomic E-state index is -0.281. The Morgan fingerprint density at radius 2 is 1.74 bits per heavy atom. The predicted octanol–water partition coefficient (Wildman–Crippen LogP) is 2.74. The van der Waals surface area contributed by atoms with Crippen molar-refractivity contribution < 1.29 is 9.59 Å². The highest BCUT2D eigenvalue weighted by Gasteiger charge is 2.48. The van der Waals surface area contributed by atoms with Crippen LogP contribution in [-0.2, 0) is 4.79 Å². The first-order valence-electron chi connectivity index (χ1n) is 8.92. The number of hydrogen-bond donors (Lipinski definition) is 1. The first kappa shape index (κ1) is 14.7. The van der Waals surface area contributed by atoms with Crippen molar-refractivity contribution in [3.8, 4) is 0 Å². The highest BCUT2D eigenvalue weighted by Crippen LogP contribution is 2.40. The van der Waals surface area contributed by atoms with Gasteiger partial charge in [0, 0.05) is 17.6 Å². The summed E-state index contributed by atoms with van der Waals surface area (Å²) in [6.45, 7) is 0. The molecule has 4 nitrogen and oxygen atoms in total. The fraction of sp³-hybridized carbons (Fsp3) is 0.579. The molecule has 0 radical (unpaired) electrons. The van der Waals surface area contributed by atoms with Gasteiger partial charge in [-0.2, -0.15) is 0 Å². The van der Waals surface area contributed by atoms with Gasteiger partial charge in [0.15, 0.2) is 0 Å². The van der Waals surface area contributed by atoms with Gasteiger partial charge >= 0.3 is 0 Å². The standard InChI is InChI=1S/C19H24N2O2/c22-18(20-15-10-11-15)17-12-14-8-4-5-9-16(14)21(17)19(23)13-6-2-1-3-7-13/h1-3,6-7,14-17H,4-5,8-12H2,(H,20,22)/t14-,16+,17+/m1/s1. The van der Waals surface area contributed by atoms with Crippen LogP contribution < -0.4 is 5.32 Å². The largest absolute Gasteiger partial charge is 0.352 e. The molecule has 1 saturated heterocycles. The van der Waals surface area contributed by atoms with Crippen LogP contribution in [0.1, 0.15) is 55.3 Å². The second-order valence-corrected chi connectivity index (χ2v) is 7.22. The average Bonchev–Trinajstić information content (AvgIpc) is 3.31. The number of benzene rings is 1. The van der Waals surface area contributed by atoms with Crippen molar-refractivity contribution in [2.24, 2.45) is 5.92 Å². The Hall–Kier alpha value is -1.84. The molecule has 2 saturated carbocycles. The molecule has 4 heteroatoms. The molecule has 0 bridgehead atoms. The van der Waals surface area contributed by atoms with Gasteiger partial charge < -0.3 is 10.2 Å². The summed E-state index contributed by atoms with van der Waals surface area (Å²) in [5.41, 5.74) is 0.697. The van der Waals surface area contributed by atoms with E-state index in [4.69, 9.17) is 0 Å². The predicted molar refractivity (Wildman–Crippen MR) is 87.9 cm³/mol. The van der Waals surface area contributed by atoms with Crippen molar-refractivity contribution in [1.82, 2.24) is 10.2 Å². The van der Waals surface area contributed by atoms with E-state index in [-0.39, 0.29) is 23.9 Å². The van der Waals surface area contributed by atoms with Crippen LogP contribution in [0.4, 0.5) is 0 Å². The Kier molecular flexibility index (Phi) is 3.83. The summed E-state index contributed by atoms with van der Waals surface area (Å²) in [7, 11) is 0. The lowest BCUT2D eigenvalue weighted by atomic mass is 9.84. The van der Waals surface area contributed by atoms with Crippen molar-refractivity contribution in [3.05, 3.63) is 35.9 Å². The molecule has 23 heavy (non-hydrogen) atoms. The lowest BCUT2D eigenvalue weighted by Gasteiger charge is -2.33. The van der Waals surface area contributed by atoms with Gasteiger partial charge in [-0.15, -0.1) is 0 Å². The molecular weight excluding hydrogens is 288 g/mol. The fourth-order valence-electron chi connectivity index (χ4n) is 4.24. The summed E-state index contributed by atoms with van der Waals surface area (Å²) in [5, 5.41) is 3.11. The van der Waals surface area contributed by atoms with Crippen LogP contribution in [0.2, 0.25) is 0 Å². The average molecular weight is 312 g/mol. The van der Waals surface area contributed by atoms with E-state index < -0.39 is 0 Å². The van der Waals surface area contributed by atoms with Crippen LogP contribution >= 0.6 is 0 Å². The van der Waals surface area contributed by atoms with E-state index in [0.29, 0.717) is 17.5 Å². The fourth-order valence-corrected chi connectivity index (χ4v) is 4.24. The Labute approximate surface area is 137 Å². The molecule has 0 aromatic heterocycles. The first-order valence-corrected chi connectivity index (χ1v) is 8.92. The monoisotopic (exact) mass is 312 g/mol. The Balaban J connectivity index is 1.60. The molecule has 122 valence electrons. The highest BCUT2D eigenvalue weighted by atomic mass is 16.2. The topological polar surface area (TPSA) is 49.4 Å². The highest BCUT2D eigenvalue weighted by molar-refractivity contribution is 5.98. The Morgan fingerprint density at radius 3 is 2.48 bits per heavy atom. The van der Waals surface area contributed by atoms with Gasteiger partial charge in [0.05, 0.1) is 0 Å². The number of nitrogens with one attached hydrogen (secondary N) is 1. The lowest BCUT2D eigenvalue weighted by molar-refractivity contribution is -0.125. The van der Waals surface area contributed by atoms with Crippen LogP contribution in [0.3, 0.4) is 0 Å². The lowest BCUT2D eigenvalue weighted by Crippen LogP contribution is -2.50. The molecule has 1 aromatic rings. The van der Waals surface area contributed by atoms with Crippen LogP contribution in [-0.4, -0.2) is 34.8 Å². The van der Waals surface area contributed by atoms with E-state index >= 15 is 0 Å². The van der Waals surface area contributed by atoms with E-state index in [1.807, 2.05) is 35.2 Å². The van der Waals surface area contributed by atoms with Gasteiger partial charge in [-0.3, -0.25) is 9.59 Å². The molecule has 0 spiro atoms. The van der Waals surface area contributed by atoms with E-state index in [0.717, 1.165) is 38.5 Å². The summed E-state index contributed by atoms with van der Waals surface area (Å²) in [6, 6.07) is 9.72. The Bertz CT molecular complexity index is 597. The molecule has 3 aliphatic rings. The zero-order valence-electron chi connectivity index (χ0n) is 13.4. The maximum atomic E-state index is 13.1. The number of fused-ring (bicyclic) bond motifs is 1. The number of carbonyl (C=O) groups is 2. The van der Waals surface area contributed by atoms with Crippen LogP contribution in [0, 0.1) is 5.92 Å². The molecule has 3 fully saturated rings. The quantitative estimate of drug-likeness (QED) is 0.933. The SMILES string of the molecule is O=C(NC1CC1)[C@@H]1C[C@H]2CCCC[C@@H]2N1C(=O)c1ccccc1. The molecule has 4 rings (SSSR count). The smallest absolute Gasteiger partial charge is 0.254 e. The van der Waals surface area contributed by atoms with Crippen LogP contribution in [0.15, 0.2) is 30.3 Å². The van der Waals surface area contributed by atoms with Crippen molar-refractivity contribution in [1.29, 1.82) is 0 Å². The number of rotatable bonds is 3. The van der Waals surface area contributed by atoms with Crippen LogP contribution in [0.25, 0.3) is 0 Å². The summed E-state index contributed by atoms with van der Waals surface area (Å²) < 4.78 is 0. The zero-order valence-corrected chi connectivity index (χ0v) is 13.4. The van der Waals surface area contributed by atoms with Crippen molar-refractivity contribution in [2.45, 2.75) is 63.1 Å². The van der Waals surface area contributed by atoms with Crippen molar-refractivity contribution in [3.63, 3.8) is 0 Å². The third kappa shape index (κ3) is 2.87. The number of likely N-dealkylation sites (tertiary alicyclic amines) is 1. The molecule has 1 N–H and O–H groups in total. The van der Waals surface area contributed by atoms with E-state index in [1.165, 1.54) is 6.42 Å². The van der Waals surface area contributed by atoms with Crippen molar-refractivity contribution >= 4 is 11.8 Å². The minimum Gasteiger partial charge on any atom is -0.352 e. The molecule has 1 aromatic carbocycles. The molecule has 1 heterocycles. The normalized spacial score (nSPS) is 29.9. The van der Waals surface area contributed by atoms with Crippen LogP contribution in [0.5, 0.6) is 0 Å². The van der Waals surface area contributed by atoms with Crippen molar-refractivity contribution in [2.75, 3.05) is 0 Å². The molecule has 3 atom stereocenters. The summed E-state index contributed by atoms with van der Waals surface area (Å²) in [6.07, 6.45) is 7.58. The van der Waals surface area contributed by atoms with E-state index in [1.54, 1.807) is 0 Å². The van der Waals surface area contributed by atoms with Gasteiger partial charge in [0.1, 0.15) is 6.04 Å². The van der Waals surface area contributed by atoms with Gasteiger partial charge in [0.25, 0.3) is 5.91 Å². The maximum absolute atomic E-state index is 13.1. The van der Waals surface area contributed by atoms with Gasteiger partial charge in [-0.05, 0) is 50.2 Å². The second kappa shape index (κ2) is 5.99. The molecule has 2 amide bonds. The van der Waals surface area contributed by atoms with Gasteiger partial charge in [-0.1, -0.05) is 31.0 Å². The van der Waals surface area contributed by atoms with Gasteiger partial charge in [-0.25, -0.2) is 0 Å². The molecular formula is C19H24N2O2. The first-order chi connectivity index (χ1) is 11.2. The second-order valence-electron chi connectivity index (χ2n) is 7.22. The minimum absolute atomic E-state index is 0.0240. The summed E-state index contributed by atoms with van der Waals surface area (Å²) >= 11 is 0. The third-order valence-electron chi connectivity index (χ3n) is 5.57. The molecule has 2 aliphatic carbocycles. The zero-order chi connectivity index (χ0) is 15.8. The number of nitrogens with zero attached hydrogens (tertiary/aromatic N) is 1. The molecule has 0 unspecified atom stereocenters. The van der Waals surface area contributed by atoms with E-state index in [9.17, 15) is 9.59 Å². The van der Waals surface area contributed by atoms with Gasteiger partial charge in [0.2, 0.25) is 5.91 Å². The summed E-state index contributed by atoms with van der Waals surface area (Å²) in [4.78, 5) is 27.7. The van der Waals surface area contributed by atoms with E-state index in [2.05, 4.69) is 5.32 Å².